The molecule has 2 aromatic heterocycles. The van der Waals surface area contributed by atoms with Crippen molar-refractivity contribution in [1.82, 2.24) is 9.13 Å². The van der Waals surface area contributed by atoms with Gasteiger partial charge in [0, 0.05) is 44.5 Å². The Hall–Kier alpha value is -3.98. The average Bonchev–Trinajstić information content (AvgIpc) is 3.84. The lowest BCUT2D eigenvalue weighted by Crippen LogP contribution is -2.49. The van der Waals surface area contributed by atoms with E-state index in [0.717, 1.165) is 11.0 Å². The topological polar surface area (TPSA) is 17.6 Å². The molecule has 0 bridgehead atoms. The molecule has 0 saturated carbocycles. The molecule has 4 aromatic carbocycles. The second-order valence-corrected chi connectivity index (χ2v) is 21.8. The van der Waals surface area contributed by atoms with Crippen LogP contribution in [0.2, 0.25) is 0 Å². The van der Waals surface area contributed by atoms with E-state index in [1.54, 1.807) is 0 Å². The van der Waals surface area contributed by atoms with Crippen LogP contribution in [0.25, 0.3) is 22.7 Å². The van der Waals surface area contributed by atoms with Gasteiger partial charge in [-0.15, -0.1) is 0 Å². The summed E-state index contributed by atoms with van der Waals surface area (Å²) >= 11 is 8.52. The summed E-state index contributed by atoms with van der Waals surface area (Å²) in [5, 5.41) is 0. The molecule has 0 saturated heterocycles. The lowest BCUT2D eigenvalue weighted by Gasteiger charge is -2.21. The lowest BCUT2D eigenvalue weighted by atomic mass is 9.92. The van der Waals surface area contributed by atoms with E-state index in [-0.39, 0.29) is 0 Å². The molecule has 6 heteroatoms. The van der Waals surface area contributed by atoms with Gasteiger partial charge in [0.05, 0.1) is 0 Å². The fourth-order valence-electron chi connectivity index (χ4n) is 9.05. The SMILES string of the molecule is CC(C)c1cccc(C(C)C)c1-n1c[n+](-c2c(C(C)C)cccc2C(C)C)cc1P(Cl)c1n(-c2c(C(C)C)cccc2C(C)C)cc[n+]1-c1c(C(C)C)cccc1C(C)C. The molecule has 2 heterocycles. The van der Waals surface area contributed by atoms with Crippen molar-refractivity contribution >= 4 is 29.5 Å². The van der Waals surface area contributed by atoms with Crippen LogP contribution in [0.15, 0.2) is 97.7 Å². The molecule has 0 N–H and O–H groups in total. The van der Waals surface area contributed by atoms with E-state index in [4.69, 9.17) is 11.2 Å². The molecule has 0 radical (unpaired) electrons. The van der Waals surface area contributed by atoms with Crippen LogP contribution >= 0.6 is 18.5 Å². The van der Waals surface area contributed by atoms with Crippen molar-refractivity contribution in [2.24, 2.45) is 0 Å². The van der Waals surface area contributed by atoms with E-state index < -0.39 is 7.27 Å². The van der Waals surface area contributed by atoms with Crippen LogP contribution in [0.1, 0.15) is 203 Å². The molecule has 318 valence electrons. The Balaban J connectivity index is 1.83. The predicted octanol–water partition coefficient (Wildman–Crippen LogP) is 14.4. The van der Waals surface area contributed by atoms with E-state index in [0.29, 0.717) is 47.3 Å². The molecular weight excluding hydrogens is 771 g/mol. The average molecular weight is 844 g/mol. The Morgan fingerprint density at radius 1 is 0.433 bits per heavy atom. The molecule has 6 rings (SSSR count). The highest BCUT2D eigenvalue weighted by molar-refractivity contribution is 7.95. The van der Waals surface area contributed by atoms with Gasteiger partial charge < -0.3 is 0 Å². The van der Waals surface area contributed by atoms with Gasteiger partial charge in [-0.1, -0.05) is 195 Å². The number of imidazole rings is 2. The first-order valence-corrected chi connectivity index (χ1v) is 24.9. The molecule has 0 fully saturated rings. The highest BCUT2D eigenvalue weighted by Gasteiger charge is 2.40. The molecule has 0 amide bonds. The van der Waals surface area contributed by atoms with Crippen molar-refractivity contribution in [3.8, 4) is 22.7 Å². The van der Waals surface area contributed by atoms with Gasteiger partial charge in [-0.25, -0.2) is 4.57 Å². The second-order valence-electron chi connectivity index (χ2n) is 19.4. The zero-order valence-electron chi connectivity index (χ0n) is 39.5. The summed E-state index contributed by atoms with van der Waals surface area (Å²) in [4.78, 5) is 0. The molecule has 6 aromatic rings. The van der Waals surface area contributed by atoms with Crippen molar-refractivity contribution in [3.05, 3.63) is 142 Å². The number of hydrogen-bond donors (Lipinski definition) is 0. The van der Waals surface area contributed by atoms with Crippen molar-refractivity contribution in [1.29, 1.82) is 0 Å². The van der Waals surface area contributed by atoms with Gasteiger partial charge in [-0.2, -0.15) is 13.7 Å². The van der Waals surface area contributed by atoms with E-state index in [2.05, 4.69) is 227 Å². The summed E-state index contributed by atoms with van der Waals surface area (Å²) in [6.07, 6.45) is 9.34. The number of halogens is 1. The van der Waals surface area contributed by atoms with E-state index in [1.165, 1.54) is 67.3 Å². The Bertz CT molecular complexity index is 2250. The summed E-state index contributed by atoms with van der Waals surface area (Å²) in [6.45, 7) is 37.1. The zero-order valence-corrected chi connectivity index (χ0v) is 41.1. The van der Waals surface area contributed by atoms with Crippen molar-refractivity contribution in [3.63, 3.8) is 0 Å². The molecule has 0 aliphatic rings. The Morgan fingerprint density at radius 2 is 0.750 bits per heavy atom. The van der Waals surface area contributed by atoms with Gasteiger partial charge in [0.15, 0.2) is 12.7 Å². The van der Waals surface area contributed by atoms with Gasteiger partial charge in [0.2, 0.25) is 0 Å². The first-order valence-electron chi connectivity index (χ1n) is 22.6. The number of para-hydroxylation sites is 4. The van der Waals surface area contributed by atoms with Crippen molar-refractivity contribution < 1.29 is 9.13 Å². The number of rotatable bonds is 14. The Morgan fingerprint density at radius 3 is 1.10 bits per heavy atom. The Labute approximate surface area is 369 Å². The summed E-state index contributed by atoms with van der Waals surface area (Å²) < 4.78 is 9.86. The standard InChI is InChI=1S/C54H72ClN4P/c1-33(2)41-21-17-22-42(34(3)4)50(41)56-31-49(59(32-56)53-47(39(13)14)27-20-28-48(53)40(15)16)60(55)54-57(51-43(35(5)6)23-18-24-44(51)36(7)8)29-30-58(54)52-45(37(9)10)25-19-26-46(52)38(11)12/h17-40H,1-16H3/q+2. The smallest absolute Gasteiger partial charge is 0.201 e. The number of benzene rings is 4. The fraction of sp³-hybridized carbons (Fsp3) is 0.444. The third kappa shape index (κ3) is 8.58. The van der Waals surface area contributed by atoms with Crippen LogP contribution in [-0.4, -0.2) is 9.13 Å². The summed E-state index contributed by atoms with van der Waals surface area (Å²) in [5.74, 6) is 2.57. The summed E-state index contributed by atoms with van der Waals surface area (Å²) in [5.41, 5.74) is 17.9. The summed E-state index contributed by atoms with van der Waals surface area (Å²) in [6, 6.07) is 27.5. The monoisotopic (exact) mass is 843 g/mol. The van der Waals surface area contributed by atoms with Gasteiger partial charge in [0.1, 0.15) is 41.3 Å². The van der Waals surface area contributed by atoms with Crippen molar-refractivity contribution in [2.75, 3.05) is 0 Å². The van der Waals surface area contributed by atoms with Crippen molar-refractivity contribution in [2.45, 2.75) is 158 Å². The minimum Gasteiger partial charge on any atom is -0.201 e. The normalized spacial score (nSPS) is 12.9. The maximum absolute atomic E-state index is 8.52. The number of aromatic nitrogens is 4. The second kappa shape index (κ2) is 18.6. The van der Waals surface area contributed by atoms with Crippen LogP contribution in [0.5, 0.6) is 0 Å². The third-order valence-corrected chi connectivity index (χ3v) is 14.8. The minimum atomic E-state index is -1.54. The first kappa shape index (κ1) is 45.5. The molecule has 0 aliphatic heterocycles. The van der Waals surface area contributed by atoms with E-state index in [9.17, 15) is 0 Å². The maximum Gasteiger partial charge on any atom is 0.311 e. The molecule has 60 heavy (non-hydrogen) atoms. The largest absolute Gasteiger partial charge is 0.311 e. The van der Waals surface area contributed by atoms with Gasteiger partial charge >= 0.3 is 5.57 Å². The molecule has 1 atom stereocenters. The maximum atomic E-state index is 8.52. The number of nitrogens with zero attached hydrogens (tertiary/aromatic N) is 4. The third-order valence-electron chi connectivity index (χ3n) is 12.3. The quantitative estimate of drug-likeness (QED) is 0.0768. The minimum absolute atomic E-state index is 0.310. The zero-order chi connectivity index (χ0) is 43.9. The lowest BCUT2D eigenvalue weighted by molar-refractivity contribution is -0.595. The predicted molar refractivity (Wildman–Crippen MR) is 259 cm³/mol. The van der Waals surface area contributed by atoms with E-state index in [1.807, 2.05) is 0 Å². The molecule has 0 spiro atoms. The van der Waals surface area contributed by atoms with Crippen LogP contribution < -0.4 is 20.1 Å². The fourth-order valence-corrected chi connectivity index (χ4v) is 11.4. The van der Waals surface area contributed by atoms with Crippen LogP contribution in [0.4, 0.5) is 0 Å². The first-order chi connectivity index (χ1) is 28.4. The van der Waals surface area contributed by atoms with Crippen LogP contribution in [-0.2, 0) is 0 Å². The Kier molecular flexibility index (Phi) is 14.1. The highest BCUT2D eigenvalue weighted by Crippen LogP contribution is 2.44. The molecule has 4 nitrogen and oxygen atoms in total. The van der Waals surface area contributed by atoms with Crippen LogP contribution in [0.3, 0.4) is 0 Å². The van der Waals surface area contributed by atoms with Crippen LogP contribution in [0, 0.1) is 0 Å². The van der Waals surface area contributed by atoms with E-state index >= 15 is 0 Å². The molecule has 0 aliphatic carbocycles. The summed E-state index contributed by atoms with van der Waals surface area (Å²) in [7, 11) is -1.54. The van der Waals surface area contributed by atoms with Gasteiger partial charge in [0.25, 0.3) is 6.33 Å². The number of hydrogen-bond acceptors (Lipinski definition) is 0. The molecular formula is C54H72ClN4P+2. The highest BCUT2D eigenvalue weighted by atomic mass is 35.7. The van der Waals surface area contributed by atoms with Gasteiger partial charge in [-0.3, -0.25) is 0 Å². The van der Waals surface area contributed by atoms with Gasteiger partial charge in [-0.05, 0) is 47.3 Å². The molecule has 1 unspecified atom stereocenters.